The van der Waals surface area contributed by atoms with Crippen molar-refractivity contribution in [2.75, 3.05) is 0 Å². The molecule has 2 aliphatic heterocycles. The highest BCUT2D eigenvalue weighted by Crippen LogP contribution is 2.41. The predicted molar refractivity (Wildman–Crippen MR) is 126 cm³/mol. The zero-order chi connectivity index (χ0) is 23.1. The molecule has 0 bridgehead atoms. The number of likely N-dealkylation sites (tertiary alicyclic amines) is 1. The Balaban J connectivity index is 1.62. The van der Waals surface area contributed by atoms with Crippen LogP contribution in [-0.4, -0.2) is 27.8 Å². The standard InChI is InChI=1S/C28H25NO4/c1-17-8-10-20(11-9-17)25-24(26(30)21-12-13-23-22(15-21)14-18(2)33-23)27(31)28(32)29(25)16-19-6-4-3-5-7-19/h3-13,15,18,25,30H,14,16H2,1-2H3/b26-24+/t18-,25-/m0/s1. The number of Topliss-reactive ketones (excluding diaryl/α,β-unsaturated/α-hetero) is 1. The number of hydrogen-bond acceptors (Lipinski definition) is 4. The zero-order valence-electron chi connectivity index (χ0n) is 18.6. The lowest BCUT2D eigenvalue weighted by Crippen LogP contribution is -2.29. The van der Waals surface area contributed by atoms with Gasteiger partial charge in [-0.05, 0) is 48.7 Å². The molecule has 5 rings (SSSR count). The molecule has 2 atom stereocenters. The monoisotopic (exact) mass is 439 g/mol. The summed E-state index contributed by atoms with van der Waals surface area (Å²) in [5, 5.41) is 11.3. The topological polar surface area (TPSA) is 66.8 Å². The fraction of sp³-hybridized carbons (Fsp3) is 0.214. The van der Waals surface area contributed by atoms with Gasteiger partial charge in [-0.3, -0.25) is 9.59 Å². The average Bonchev–Trinajstić information content (AvgIpc) is 3.31. The first-order chi connectivity index (χ1) is 15.9. The second-order valence-electron chi connectivity index (χ2n) is 8.78. The molecular weight excluding hydrogens is 414 g/mol. The van der Waals surface area contributed by atoms with Gasteiger partial charge < -0.3 is 14.7 Å². The number of aliphatic hydroxyl groups excluding tert-OH is 1. The number of amides is 1. The Morgan fingerprint density at radius 3 is 2.48 bits per heavy atom. The fourth-order valence-electron chi connectivity index (χ4n) is 4.64. The summed E-state index contributed by atoms with van der Waals surface area (Å²) in [6.07, 6.45) is 0.807. The highest BCUT2D eigenvalue weighted by atomic mass is 16.5. The average molecular weight is 440 g/mol. The molecule has 2 heterocycles. The van der Waals surface area contributed by atoms with E-state index >= 15 is 0 Å². The van der Waals surface area contributed by atoms with Gasteiger partial charge in [0.25, 0.3) is 11.7 Å². The van der Waals surface area contributed by atoms with Crippen LogP contribution >= 0.6 is 0 Å². The summed E-state index contributed by atoms with van der Waals surface area (Å²) in [4.78, 5) is 27.9. The third kappa shape index (κ3) is 3.80. The molecule has 0 saturated carbocycles. The Kier molecular flexibility index (Phi) is 5.25. The van der Waals surface area contributed by atoms with E-state index in [2.05, 4.69) is 0 Å². The number of hydrogen-bond donors (Lipinski definition) is 1. The van der Waals surface area contributed by atoms with Crippen LogP contribution in [0, 0.1) is 6.92 Å². The van der Waals surface area contributed by atoms with E-state index in [-0.39, 0.29) is 24.0 Å². The van der Waals surface area contributed by atoms with Crippen molar-refractivity contribution in [1.82, 2.24) is 4.90 Å². The fourth-order valence-corrected chi connectivity index (χ4v) is 4.64. The first-order valence-corrected chi connectivity index (χ1v) is 11.1. The summed E-state index contributed by atoms with van der Waals surface area (Å²) in [5.41, 5.74) is 4.40. The summed E-state index contributed by atoms with van der Waals surface area (Å²) in [6, 6.07) is 22.0. The molecule has 1 N–H and O–H groups in total. The quantitative estimate of drug-likeness (QED) is 0.355. The van der Waals surface area contributed by atoms with Crippen molar-refractivity contribution in [2.24, 2.45) is 0 Å². The number of aliphatic hydroxyl groups is 1. The Hall–Kier alpha value is -3.86. The number of aryl methyl sites for hydroxylation is 1. The Morgan fingerprint density at radius 2 is 1.76 bits per heavy atom. The van der Waals surface area contributed by atoms with E-state index in [9.17, 15) is 14.7 Å². The minimum Gasteiger partial charge on any atom is -0.507 e. The van der Waals surface area contributed by atoms with Gasteiger partial charge in [0.2, 0.25) is 0 Å². The number of rotatable bonds is 4. The molecule has 166 valence electrons. The second kappa shape index (κ2) is 8.24. The van der Waals surface area contributed by atoms with Crippen LogP contribution in [0.15, 0.2) is 78.4 Å². The summed E-state index contributed by atoms with van der Waals surface area (Å²) >= 11 is 0. The van der Waals surface area contributed by atoms with E-state index in [1.165, 1.54) is 0 Å². The number of ether oxygens (including phenoxy) is 1. The minimum atomic E-state index is -0.672. The lowest BCUT2D eigenvalue weighted by molar-refractivity contribution is -0.140. The molecule has 3 aromatic carbocycles. The van der Waals surface area contributed by atoms with Gasteiger partial charge in [0, 0.05) is 18.5 Å². The first-order valence-electron chi connectivity index (χ1n) is 11.1. The largest absolute Gasteiger partial charge is 0.507 e. The van der Waals surface area contributed by atoms with Crippen molar-refractivity contribution in [3.8, 4) is 5.75 Å². The van der Waals surface area contributed by atoms with Crippen LogP contribution in [0.3, 0.4) is 0 Å². The SMILES string of the molecule is Cc1ccc([C@H]2/C(=C(\O)c3ccc4c(c3)C[C@H](C)O4)C(=O)C(=O)N2Cc2ccccc2)cc1. The number of fused-ring (bicyclic) bond motifs is 1. The number of carbonyl (C=O) groups excluding carboxylic acids is 2. The van der Waals surface area contributed by atoms with Gasteiger partial charge in [-0.25, -0.2) is 0 Å². The molecule has 1 amide bonds. The lowest BCUT2D eigenvalue weighted by atomic mass is 9.94. The maximum absolute atomic E-state index is 13.2. The summed E-state index contributed by atoms with van der Waals surface area (Å²) in [7, 11) is 0. The van der Waals surface area contributed by atoms with Crippen molar-refractivity contribution < 1.29 is 19.4 Å². The van der Waals surface area contributed by atoms with Crippen molar-refractivity contribution >= 4 is 17.4 Å². The molecule has 2 aliphatic rings. The van der Waals surface area contributed by atoms with Gasteiger partial charge in [0.05, 0.1) is 11.6 Å². The van der Waals surface area contributed by atoms with Crippen molar-refractivity contribution in [3.63, 3.8) is 0 Å². The lowest BCUT2D eigenvalue weighted by Gasteiger charge is -2.25. The van der Waals surface area contributed by atoms with Crippen LogP contribution in [0.5, 0.6) is 5.75 Å². The van der Waals surface area contributed by atoms with Crippen LogP contribution in [0.25, 0.3) is 5.76 Å². The normalized spacial score (nSPS) is 21.2. The summed E-state index contributed by atoms with van der Waals surface area (Å²) in [5.74, 6) is -0.640. The van der Waals surface area contributed by atoms with Crippen LogP contribution in [0.1, 0.15) is 40.8 Å². The summed E-state index contributed by atoms with van der Waals surface area (Å²) in [6.45, 7) is 4.25. The molecule has 3 aromatic rings. The molecule has 5 heteroatoms. The molecule has 0 spiro atoms. The highest BCUT2D eigenvalue weighted by Gasteiger charge is 2.46. The van der Waals surface area contributed by atoms with E-state index in [0.29, 0.717) is 5.56 Å². The van der Waals surface area contributed by atoms with Gasteiger partial charge in [0.15, 0.2) is 0 Å². The maximum atomic E-state index is 13.2. The number of benzene rings is 3. The van der Waals surface area contributed by atoms with Crippen molar-refractivity contribution in [3.05, 3.63) is 106 Å². The van der Waals surface area contributed by atoms with Crippen LogP contribution in [0.2, 0.25) is 0 Å². The van der Waals surface area contributed by atoms with Gasteiger partial charge in [-0.1, -0.05) is 60.2 Å². The van der Waals surface area contributed by atoms with E-state index in [0.717, 1.165) is 34.4 Å². The minimum absolute atomic E-state index is 0.0707. The molecule has 0 radical (unpaired) electrons. The molecule has 1 fully saturated rings. The molecule has 0 unspecified atom stereocenters. The van der Waals surface area contributed by atoms with Crippen molar-refractivity contribution in [1.29, 1.82) is 0 Å². The number of carbonyl (C=O) groups is 2. The van der Waals surface area contributed by atoms with Crippen LogP contribution < -0.4 is 4.74 Å². The third-order valence-corrected chi connectivity index (χ3v) is 6.30. The molecule has 1 saturated heterocycles. The Labute approximate surface area is 192 Å². The molecule has 33 heavy (non-hydrogen) atoms. The Bertz CT molecular complexity index is 1260. The van der Waals surface area contributed by atoms with Gasteiger partial charge >= 0.3 is 0 Å². The number of nitrogens with zero attached hydrogens (tertiary/aromatic N) is 1. The van der Waals surface area contributed by atoms with Crippen LogP contribution in [-0.2, 0) is 22.6 Å². The molecule has 0 aromatic heterocycles. The van der Waals surface area contributed by atoms with Crippen LogP contribution in [0.4, 0.5) is 0 Å². The van der Waals surface area contributed by atoms with E-state index in [1.54, 1.807) is 11.0 Å². The second-order valence-corrected chi connectivity index (χ2v) is 8.78. The molecule has 0 aliphatic carbocycles. The van der Waals surface area contributed by atoms with E-state index < -0.39 is 17.7 Å². The number of ketones is 1. The molecular formula is C28H25NO4. The smallest absolute Gasteiger partial charge is 0.295 e. The van der Waals surface area contributed by atoms with E-state index in [1.807, 2.05) is 80.6 Å². The highest BCUT2D eigenvalue weighted by molar-refractivity contribution is 6.46. The third-order valence-electron chi connectivity index (χ3n) is 6.30. The van der Waals surface area contributed by atoms with Gasteiger partial charge in [0.1, 0.15) is 17.6 Å². The first kappa shape index (κ1) is 21.0. The molecule has 5 nitrogen and oxygen atoms in total. The maximum Gasteiger partial charge on any atom is 0.295 e. The van der Waals surface area contributed by atoms with Gasteiger partial charge in [-0.15, -0.1) is 0 Å². The zero-order valence-corrected chi connectivity index (χ0v) is 18.6. The van der Waals surface area contributed by atoms with Crippen molar-refractivity contribution in [2.45, 2.75) is 39.0 Å². The predicted octanol–water partition coefficient (Wildman–Crippen LogP) is 4.94. The summed E-state index contributed by atoms with van der Waals surface area (Å²) < 4.78 is 5.76. The Morgan fingerprint density at radius 1 is 1.03 bits per heavy atom. The van der Waals surface area contributed by atoms with E-state index in [4.69, 9.17) is 4.74 Å². The van der Waals surface area contributed by atoms with Gasteiger partial charge in [-0.2, -0.15) is 0 Å².